The van der Waals surface area contributed by atoms with E-state index in [0.717, 1.165) is 0 Å². The van der Waals surface area contributed by atoms with Crippen LogP contribution in [0.5, 0.6) is 0 Å². The van der Waals surface area contributed by atoms with E-state index in [1.54, 1.807) is 13.8 Å². The second kappa shape index (κ2) is 2.61. The van der Waals surface area contributed by atoms with Crippen molar-refractivity contribution in [1.82, 2.24) is 0 Å². The summed E-state index contributed by atoms with van der Waals surface area (Å²) in [7, 11) is 0. The molecule has 1 aliphatic rings. The third-order valence-electron chi connectivity index (χ3n) is 1.72. The van der Waals surface area contributed by atoms with Gasteiger partial charge in [0.05, 0.1) is 0 Å². The summed E-state index contributed by atoms with van der Waals surface area (Å²) < 4.78 is 4.91. The minimum atomic E-state index is -1.11. The number of cyclic esters (lactones) is 1. The molecular formula is C8H12N2O3. The van der Waals surface area contributed by atoms with E-state index >= 15 is 0 Å². The first-order chi connectivity index (χ1) is 5.78. The zero-order chi connectivity index (χ0) is 10.3. The fraction of sp³-hybridized carbons (Fsp3) is 0.750. The second-order valence-electron chi connectivity index (χ2n) is 3.95. The zero-order valence-corrected chi connectivity index (χ0v) is 8.12. The van der Waals surface area contributed by atoms with Gasteiger partial charge in [-0.25, -0.2) is 9.79 Å². The van der Waals surface area contributed by atoms with E-state index in [9.17, 15) is 9.70 Å². The molecule has 0 atom stereocenters. The predicted molar refractivity (Wildman–Crippen MR) is 47.5 cm³/mol. The quantitative estimate of drug-likeness (QED) is 0.479. The van der Waals surface area contributed by atoms with E-state index in [1.165, 1.54) is 13.8 Å². The Morgan fingerprint density at radius 1 is 1.46 bits per heavy atom. The third kappa shape index (κ3) is 1.74. The molecule has 0 aromatic carbocycles. The summed E-state index contributed by atoms with van der Waals surface area (Å²) in [5, 5.41) is 2.84. The van der Waals surface area contributed by atoms with E-state index in [2.05, 4.69) is 10.2 Å². The van der Waals surface area contributed by atoms with Gasteiger partial charge in [-0.2, -0.15) is 0 Å². The number of ether oxygens (including phenoxy) is 1. The molecule has 0 aromatic rings. The summed E-state index contributed by atoms with van der Waals surface area (Å²) in [6, 6.07) is 0. The van der Waals surface area contributed by atoms with Crippen LogP contribution in [0.4, 0.5) is 0 Å². The number of nitroso groups, excluding NO2 is 1. The largest absolute Gasteiger partial charge is 0.433 e. The predicted octanol–water partition coefficient (Wildman–Crippen LogP) is 1.27. The number of aliphatic imine (C=N–C) groups is 1. The Morgan fingerprint density at radius 2 is 2.00 bits per heavy atom. The number of nitrogens with zero attached hydrogens (tertiary/aromatic N) is 2. The van der Waals surface area contributed by atoms with Crippen LogP contribution in [-0.2, 0) is 9.53 Å². The molecule has 0 saturated heterocycles. The maximum atomic E-state index is 11.2. The van der Waals surface area contributed by atoms with Crippen molar-refractivity contribution in [1.29, 1.82) is 0 Å². The van der Waals surface area contributed by atoms with E-state index in [1.807, 2.05) is 0 Å². The summed E-state index contributed by atoms with van der Waals surface area (Å²) >= 11 is 0. The molecule has 5 nitrogen and oxygen atoms in total. The highest BCUT2D eigenvalue weighted by molar-refractivity contribution is 6.41. The highest BCUT2D eigenvalue weighted by atomic mass is 16.6. The first-order valence-electron chi connectivity index (χ1n) is 3.97. The first kappa shape index (κ1) is 9.83. The van der Waals surface area contributed by atoms with Gasteiger partial charge in [0.15, 0.2) is 11.4 Å². The van der Waals surface area contributed by atoms with Crippen molar-refractivity contribution in [2.45, 2.75) is 39.0 Å². The molecule has 0 radical (unpaired) electrons. The van der Waals surface area contributed by atoms with Gasteiger partial charge in [0.25, 0.3) is 0 Å². The Morgan fingerprint density at radius 3 is 2.31 bits per heavy atom. The van der Waals surface area contributed by atoms with Crippen LogP contribution in [0.3, 0.4) is 0 Å². The van der Waals surface area contributed by atoms with E-state index in [4.69, 9.17) is 4.74 Å². The molecule has 0 aliphatic carbocycles. The molecule has 0 amide bonds. The smallest absolute Gasteiger partial charge is 0.357 e. The lowest BCUT2D eigenvalue weighted by atomic mass is 10.00. The maximum Gasteiger partial charge on any atom is 0.357 e. The fourth-order valence-corrected chi connectivity index (χ4v) is 1.04. The van der Waals surface area contributed by atoms with Crippen molar-refractivity contribution in [2.75, 3.05) is 0 Å². The number of hydrogen-bond donors (Lipinski definition) is 0. The van der Waals surface area contributed by atoms with Gasteiger partial charge in [-0.3, -0.25) is 0 Å². The van der Waals surface area contributed by atoms with Crippen molar-refractivity contribution in [2.24, 2.45) is 10.2 Å². The first-order valence-corrected chi connectivity index (χ1v) is 3.97. The molecular weight excluding hydrogens is 172 g/mol. The number of esters is 1. The van der Waals surface area contributed by atoms with Gasteiger partial charge < -0.3 is 4.74 Å². The average molecular weight is 184 g/mol. The molecule has 0 unspecified atom stereocenters. The molecule has 72 valence electrons. The van der Waals surface area contributed by atoms with E-state index in [-0.39, 0.29) is 5.71 Å². The average Bonchev–Trinajstić information content (AvgIpc) is 2.25. The molecule has 1 heterocycles. The summed E-state index contributed by atoms with van der Waals surface area (Å²) in [5.74, 6) is -0.561. The van der Waals surface area contributed by atoms with Crippen molar-refractivity contribution < 1.29 is 9.53 Å². The maximum absolute atomic E-state index is 11.2. The van der Waals surface area contributed by atoms with Crippen molar-refractivity contribution in [3.63, 3.8) is 0 Å². The highest BCUT2D eigenvalue weighted by Crippen LogP contribution is 2.25. The lowest BCUT2D eigenvalue weighted by Gasteiger charge is -2.11. The summed E-state index contributed by atoms with van der Waals surface area (Å²) in [6.45, 7) is 6.36. The Bertz CT molecular complexity index is 292. The number of hydrogen-bond acceptors (Lipinski definition) is 5. The monoisotopic (exact) mass is 184 g/mol. The Balaban J connectivity index is 3.06. The van der Waals surface area contributed by atoms with Crippen LogP contribution in [0.25, 0.3) is 0 Å². The highest BCUT2D eigenvalue weighted by Gasteiger charge is 2.42. The molecule has 13 heavy (non-hydrogen) atoms. The number of carbonyl (C=O) groups is 1. The van der Waals surface area contributed by atoms with Gasteiger partial charge >= 0.3 is 5.97 Å². The molecule has 1 aliphatic heterocycles. The lowest BCUT2D eigenvalue weighted by molar-refractivity contribution is -0.143. The Hall–Kier alpha value is -1.26. The number of rotatable bonds is 2. The molecule has 0 bridgehead atoms. The molecule has 0 N–H and O–H groups in total. The molecule has 0 aromatic heterocycles. The van der Waals surface area contributed by atoms with Gasteiger partial charge in [-0.05, 0) is 27.7 Å². The molecule has 1 rings (SSSR count). The van der Waals surface area contributed by atoms with Gasteiger partial charge in [0, 0.05) is 0 Å². The van der Waals surface area contributed by atoms with Crippen LogP contribution >= 0.6 is 0 Å². The summed E-state index contributed by atoms with van der Waals surface area (Å²) in [4.78, 5) is 25.7. The van der Waals surface area contributed by atoms with Crippen LogP contribution in [0.2, 0.25) is 0 Å². The fourth-order valence-electron chi connectivity index (χ4n) is 1.04. The molecule has 5 heteroatoms. The summed E-state index contributed by atoms with van der Waals surface area (Å²) in [6.07, 6.45) is 0. The van der Waals surface area contributed by atoms with Gasteiger partial charge in [0.2, 0.25) is 0 Å². The minimum absolute atomic E-state index is 0.0903. The lowest BCUT2D eigenvalue weighted by Crippen LogP contribution is -2.33. The van der Waals surface area contributed by atoms with Crippen molar-refractivity contribution >= 4 is 11.7 Å². The van der Waals surface area contributed by atoms with Crippen molar-refractivity contribution in [3.05, 3.63) is 4.91 Å². The molecule has 0 spiro atoms. The van der Waals surface area contributed by atoms with Crippen LogP contribution in [0, 0.1) is 4.91 Å². The van der Waals surface area contributed by atoms with Crippen LogP contribution < -0.4 is 0 Å². The zero-order valence-electron chi connectivity index (χ0n) is 8.12. The van der Waals surface area contributed by atoms with Crippen molar-refractivity contribution in [3.8, 4) is 0 Å². The van der Waals surface area contributed by atoms with Gasteiger partial charge in [-0.15, -0.1) is 4.91 Å². The molecule has 0 fully saturated rings. The second-order valence-corrected chi connectivity index (χ2v) is 3.95. The standard InChI is InChI=1S/C8H12N2O3/c1-7(2,10-12)5-6(11)13-8(3,4)9-5/h1-4H3. The van der Waals surface area contributed by atoms with Gasteiger partial charge in [-0.1, -0.05) is 5.18 Å². The van der Waals surface area contributed by atoms with Crippen LogP contribution in [-0.4, -0.2) is 22.9 Å². The minimum Gasteiger partial charge on any atom is -0.433 e. The summed E-state index contributed by atoms with van der Waals surface area (Å²) in [5.41, 5.74) is -1.88. The number of carbonyl (C=O) groups excluding carboxylic acids is 1. The van der Waals surface area contributed by atoms with E-state index < -0.39 is 17.2 Å². The normalized spacial score (nSPS) is 20.9. The van der Waals surface area contributed by atoms with Gasteiger partial charge in [0.1, 0.15) is 5.54 Å². The van der Waals surface area contributed by atoms with E-state index in [0.29, 0.717) is 0 Å². The SMILES string of the molecule is CC1(C)N=C(C(C)(C)N=O)C(=O)O1. The van der Waals surface area contributed by atoms with Crippen LogP contribution in [0.1, 0.15) is 27.7 Å². The topological polar surface area (TPSA) is 68.1 Å². The Kier molecular flexibility index (Phi) is 1.98. The molecule has 0 saturated carbocycles. The third-order valence-corrected chi connectivity index (χ3v) is 1.72. The Labute approximate surface area is 76.2 Å². The van der Waals surface area contributed by atoms with Crippen LogP contribution in [0.15, 0.2) is 10.2 Å².